The summed E-state index contributed by atoms with van der Waals surface area (Å²) in [7, 11) is 0. The average molecular weight is 147 g/mol. The van der Waals surface area contributed by atoms with Crippen LogP contribution in [0, 0.1) is 0 Å². The maximum atomic E-state index is 5.93. The molecule has 0 saturated carbocycles. The van der Waals surface area contributed by atoms with Crippen LogP contribution in [-0.2, 0) is 6.42 Å². The minimum absolute atomic E-state index is 0.340. The zero-order chi connectivity index (χ0) is 7.84. The Balaban J connectivity index is 2.47. The first-order chi connectivity index (χ1) is 5.29. The summed E-state index contributed by atoms with van der Waals surface area (Å²) in [5.41, 5.74) is 8.81. The molecule has 1 aromatic carbocycles. The van der Waals surface area contributed by atoms with Crippen molar-refractivity contribution in [2.45, 2.75) is 25.3 Å². The largest absolute Gasteiger partial charge is 0.327 e. The van der Waals surface area contributed by atoms with Crippen molar-refractivity contribution < 1.29 is 0 Å². The topological polar surface area (TPSA) is 26.0 Å². The highest BCUT2D eigenvalue weighted by Gasteiger charge is 2.24. The number of hydrogen-bond donors (Lipinski definition) is 1. The van der Waals surface area contributed by atoms with Crippen molar-refractivity contribution >= 4 is 0 Å². The third kappa shape index (κ3) is 0.962. The second kappa shape index (κ2) is 2.35. The molecule has 2 rings (SSSR count). The highest BCUT2D eigenvalue weighted by atomic mass is 14.7. The van der Waals surface area contributed by atoms with Crippen LogP contribution in [0.5, 0.6) is 0 Å². The van der Waals surface area contributed by atoms with Gasteiger partial charge in [0, 0.05) is 6.04 Å². The lowest BCUT2D eigenvalue weighted by Gasteiger charge is -2.08. The van der Waals surface area contributed by atoms with E-state index in [1.165, 1.54) is 11.1 Å². The van der Waals surface area contributed by atoms with Gasteiger partial charge in [0.15, 0.2) is 0 Å². The molecule has 1 aromatic rings. The Morgan fingerprint density at radius 1 is 1.36 bits per heavy atom. The van der Waals surface area contributed by atoms with Gasteiger partial charge in [0.1, 0.15) is 0 Å². The van der Waals surface area contributed by atoms with E-state index >= 15 is 0 Å². The lowest BCUT2D eigenvalue weighted by molar-refractivity contribution is 0.615. The van der Waals surface area contributed by atoms with Gasteiger partial charge in [-0.15, -0.1) is 0 Å². The second-order valence-electron chi connectivity index (χ2n) is 3.36. The molecule has 0 spiro atoms. The smallest absolute Gasteiger partial charge is 0.0146 e. The van der Waals surface area contributed by atoms with Crippen molar-refractivity contribution in [3.05, 3.63) is 35.4 Å². The molecule has 2 atom stereocenters. The summed E-state index contributed by atoms with van der Waals surface area (Å²) >= 11 is 0. The summed E-state index contributed by atoms with van der Waals surface area (Å²) in [5.74, 6) is 0.547. The van der Waals surface area contributed by atoms with Crippen molar-refractivity contribution in [3.8, 4) is 0 Å². The Morgan fingerprint density at radius 3 is 2.82 bits per heavy atom. The monoisotopic (exact) mass is 147 g/mol. The number of fused-ring (bicyclic) bond motifs is 1. The van der Waals surface area contributed by atoms with E-state index in [9.17, 15) is 0 Å². The van der Waals surface area contributed by atoms with Gasteiger partial charge in [-0.3, -0.25) is 0 Å². The molecule has 0 fully saturated rings. The molecule has 0 amide bonds. The van der Waals surface area contributed by atoms with E-state index in [0.717, 1.165) is 6.42 Å². The van der Waals surface area contributed by atoms with Crippen molar-refractivity contribution in [1.29, 1.82) is 0 Å². The van der Waals surface area contributed by atoms with Gasteiger partial charge < -0.3 is 5.73 Å². The van der Waals surface area contributed by atoms with Crippen LogP contribution in [0.3, 0.4) is 0 Å². The maximum absolute atomic E-state index is 5.93. The van der Waals surface area contributed by atoms with E-state index in [-0.39, 0.29) is 0 Å². The average Bonchev–Trinajstić information content (AvgIpc) is 2.30. The summed E-state index contributed by atoms with van der Waals surface area (Å²) in [6, 6.07) is 8.88. The quantitative estimate of drug-likeness (QED) is 0.593. The normalized spacial score (nSPS) is 28.5. The molecule has 11 heavy (non-hydrogen) atoms. The van der Waals surface area contributed by atoms with Gasteiger partial charge in [-0.25, -0.2) is 0 Å². The minimum Gasteiger partial charge on any atom is -0.327 e. The predicted octanol–water partition coefficient (Wildman–Crippen LogP) is 1.67. The number of nitrogens with two attached hydrogens (primary N) is 1. The summed E-state index contributed by atoms with van der Waals surface area (Å²) < 4.78 is 0. The molecular weight excluding hydrogens is 134 g/mol. The van der Waals surface area contributed by atoms with E-state index in [1.807, 2.05) is 0 Å². The van der Waals surface area contributed by atoms with Crippen molar-refractivity contribution in [2.75, 3.05) is 0 Å². The van der Waals surface area contributed by atoms with Gasteiger partial charge in [0.05, 0.1) is 0 Å². The van der Waals surface area contributed by atoms with Gasteiger partial charge in [-0.2, -0.15) is 0 Å². The molecule has 0 heterocycles. The summed E-state index contributed by atoms with van der Waals surface area (Å²) in [5, 5.41) is 0. The van der Waals surface area contributed by atoms with Crippen LogP contribution < -0.4 is 5.73 Å². The van der Waals surface area contributed by atoms with Gasteiger partial charge >= 0.3 is 0 Å². The lowest BCUT2D eigenvalue weighted by atomic mass is 10.0. The van der Waals surface area contributed by atoms with Crippen LogP contribution in [0.1, 0.15) is 24.0 Å². The maximum Gasteiger partial charge on any atom is 0.0146 e. The molecule has 0 aliphatic heterocycles. The summed E-state index contributed by atoms with van der Waals surface area (Å²) in [4.78, 5) is 0. The molecule has 2 N–H and O–H groups in total. The van der Waals surface area contributed by atoms with Crippen LogP contribution in [-0.4, -0.2) is 6.04 Å². The molecule has 0 radical (unpaired) electrons. The van der Waals surface area contributed by atoms with Crippen LogP contribution in [0.4, 0.5) is 0 Å². The molecule has 0 unspecified atom stereocenters. The molecule has 0 saturated heterocycles. The van der Waals surface area contributed by atoms with Crippen LogP contribution >= 0.6 is 0 Å². The standard InChI is InChI=1S/C10H13N/c1-7-9-5-3-2-4-8(9)6-10(7)11/h2-5,7,10H,6,11H2,1H3/t7-,10-/m1/s1. The van der Waals surface area contributed by atoms with Crippen LogP contribution in [0.2, 0.25) is 0 Å². The van der Waals surface area contributed by atoms with Crippen molar-refractivity contribution in [2.24, 2.45) is 5.73 Å². The number of benzene rings is 1. The van der Waals surface area contributed by atoms with Crippen molar-refractivity contribution in [3.63, 3.8) is 0 Å². The van der Waals surface area contributed by atoms with Crippen LogP contribution in [0.25, 0.3) is 0 Å². The highest BCUT2D eigenvalue weighted by molar-refractivity contribution is 5.36. The van der Waals surface area contributed by atoms with E-state index in [4.69, 9.17) is 5.73 Å². The lowest BCUT2D eigenvalue weighted by Crippen LogP contribution is -2.22. The van der Waals surface area contributed by atoms with Crippen LogP contribution in [0.15, 0.2) is 24.3 Å². The first-order valence-electron chi connectivity index (χ1n) is 4.12. The third-order valence-corrected chi connectivity index (χ3v) is 2.64. The zero-order valence-electron chi connectivity index (χ0n) is 6.75. The molecule has 58 valence electrons. The van der Waals surface area contributed by atoms with E-state index in [2.05, 4.69) is 31.2 Å². The van der Waals surface area contributed by atoms with Crippen molar-refractivity contribution in [1.82, 2.24) is 0 Å². The summed E-state index contributed by atoms with van der Waals surface area (Å²) in [6.07, 6.45) is 1.05. The molecular formula is C10H13N. The predicted molar refractivity (Wildman–Crippen MR) is 46.5 cm³/mol. The second-order valence-corrected chi connectivity index (χ2v) is 3.36. The van der Waals surface area contributed by atoms with Gasteiger partial charge in [0.25, 0.3) is 0 Å². The summed E-state index contributed by atoms with van der Waals surface area (Å²) in [6.45, 7) is 2.20. The first kappa shape index (κ1) is 6.86. The molecule has 1 heteroatoms. The Hall–Kier alpha value is -0.820. The molecule has 1 nitrogen and oxygen atoms in total. The Kier molecular flexibility index (Phi) is 1.46. The Morgan fingerprint density at radius 2 is 2.09 bits per heavy atom. The third-order valence-electron chi connectivity index (χ3n) is 2.64. The van der Waals surface area contributed by atoms with E-state index in [1.54, 1.807) is 0 Å². The fourth-order valence-electron chi connectivity index (χ4n) is 1.83. The van der Waals surface area contributed by atoms with Gasteiger partial charge in [-0.1, -0.05) is 31.2 Å². The molecule has 0 aromatic heterocycles. The highest BCUT2D eigenvalue weighted by Crippen LogP contribution is 2.30. The Bertz CT molecular complexity index is 267. The fraction of sp³-hybridized carbons (Fsp3) is 0.400. The number of rotatable bonds is 0. The SMILES string of the molecule is C[C@@H]1c2ccccc2C[C@H]1N. The Labute approximate surface area is 67.2 Å². The number of hydrogen-bond acceptors (Lipinski definition) is 1. The molecule has 1 aliphatic carbocycles. The minimum atomic E-state index is 0.340. The molecule has 0 bridgehead atoms. The van der Waals surface area contributed by atoms with E-state index in [0.29, 0.717) is 12.0 Å². The van der Waals surface area contributed by atoms with Gasteiger partial charge in [-0.05, 0) is 23.5 Å². The fourth-order valence-corrected chi connectivity index (χ4v) is 1.83. The zero-order valence-corrected chi connectivity index (χ0v) is 6.75. The van der Waals surface area contributed by atoms with Gasteiger partial charge in [0.2, 0.25) is 0 Å². The van der Waals surface area contributed by atoms with E-state index < -0.39 is 0 Å². The first-order valence-corrected chi connectivity index (χ1v) is 4.12. The molecule has 1 aliphatic rings.